The first-order chi connectivity index (χ1) is 12.6. The molecule has 0 spiro atoms. The lowest BCUT2D eigenvalue weighted by molar-refractivity contribution is 0.102. The van der Waals surface area contributed by atoms with E-state index in [4.69, 9.17) is 14.2 Å². The first kappa shape index (κ1) is 16.3. The van der Waals surface area contributed by atoms with Gasteiger partial charge in [0.2, 0.25) is 6.79 Å². The van der Waals surface area contributed by atoms with E-state index in [1.165, 1.54) is 12.7 Å². The number of nitrogens with one attached hydrogen (secondary N) is 1. The Morgan fingerprint density at radius 3 is 2.77 bits per heavy atom. The van der Waals surface area contributed by atoms with Crippen molar-refractivity contribution < 1.29 is 23.8 Å². The molecule has 0 fully saturated rings. The van der Waals surface area contributed by atoms with Crippen LogP contribution in [0.2, 0.25) is 0 Å². The van der Waals surface area contributed by atoms with Crippen LogP contribution in [0.1, 0.15) is 21.5 Å². The number of amides is 2. The van der Waals surface area contributed by atoms with Crippen molar-refractivity contribution in [1.29, 1.82) is 0 Å². The quantitative estimate of drug-likeness (QED) is 0.897. The van der Waals surface area contributed by atoms with Crippen LogP contribution in [0.5, 0.6) is 11.5 Å². The molecule has 2 aliphatic rings. The highest BCUT2D eigenvalue weighted by molar-refractivity contribution is 6.04. The zero-order valence-electron chi connectivity index (χ0n) is 14.3. The lowest BCUT2D eigenvalue weighted by Crippen LogP contribution is -2.35. The largest absolute Gasteiger partial charge is 0.454 e. The lowest BCUT2D eigenvalue weighted by atomic mass is 9.99. The van der Waals surface area contributed by atoms with Crippen molar-refractivity contribution in [3.63, 3.8) is 0 Å². The summed E-state index contributed by atoms with van der Waals surface area (Å²) >= 11 is 0. The third-order valence-electron chi connectivity index (χ3n) is 4.54. The molecule has 0 bridgehead atoms. The standard InChI is InChI=1S/C19H18N2O5/c1-24-19(23)21-7-6-12-2-4-15(8-14(12)10-21)20-18(22)13-3-5-16-17(9-13)26-11-25-16/h2-5,8-9H,6-7,10-11H2,1H3,(H,20,22). The van der Waals surface area contributed by atoms with Crippen molar-refractivity contribution in [2.24, 2.45) is 0 Å². The number of benzene rings is 2. The van der Waals surface area contributed by atoms with E-state index in [0.29, 0.717) is 35.8 Å². The fourth-order valence-corrected chi connectivity index (χ4v) is 3.16. The predicted octanol–water partition coefficient (Wildman–Crippen LogP) is 2.79. The minimum absolute atomic E-state index is 0.169. The Morgan fingerprint density at radius 1 is 1.08 bits per heavy atom. The Hall–Kier alpha value is -3.22. The normalized spacial score (nSPS) is 14.6. The summed E-state index contributed by atoms with van der Waals surface area (Å²) in [5, 5.41) is 2.89. The van der Waals surface area contributed by atoms with Gasteiger partial charge >= 0.3 is 6.09 Å². The van der Waals surface area contributed by atoms with Crippen molar-refractivity contribution in [1.82, 2.24) is 4.90 Å². The van der Waals surface area contributed by atoms with Crippen LogP contribution >= 0.6 is 0 Å². The number of rotatable bonds is 2. The van der Waals surface area contributed by atoms with Crippen LogP contribution < -0.4 is 14.8 Å². The lowest BCUT2D eigenvalue weighted by Gasteiger charge is -2.28. The first-order valence-corrected chi connectivity index (χ1v) is 8.30. The Bertz CT molecular complexity index is 880. The minimum Gasteiger partial charge on any atom is -0.454 e. The number of carbonyl (C=O) groups excluding carboxylic acids is 2. The number of ether oxygens (including phenoxy) is 3. The molecule has 0 saturated heterocycles. The maximum Gasteiger partial charge on any atom is 0.409 e. The number of nitrogens with zero attached hydrogens (tertiary/aromatic N) is 1. The van der Waals surface area contributed by atoms with Crippen molar-refractivity contribution in [3.05, 3.63) is 53.1 Å². The molecule has 2 amide bonds. The summed E-state index contributed by atoms with van der Waals surface area (Å²) in [5.41, 5.74) is 3.35. The van der Waals surface area contributed by atoms with Gasteiger partial charge in [0.25, 0.3) is 5.91 Å². The number of carbonyl (C=O) groups is 2. The number of hydrogen-bond donors (Lipinski definition) is 1. The van der Waals surface area contributed by atoms with Crippen LogP contribution in [-0.4, -0.2) is 37.3 Å². The second-order valence-electron chi connectivity index (χ2n) is 6.15. The number of methoxy groups -OCH3 is 1. The van der Waals surface area contributed by atoms with Gasteiger partial charge in [-0.3, -0.25) is 4.79 Å². The fraction of sp³-hybridized carbons (Fsp3) is 0.263. The average Bonchev–Trinajstić information content (AvgIpc) is 3.14. The molecule has 1 N–H and O–H groups in total. The van der Waals surface area contributed by atoms with Crippen molar-refractivity contribution in [2.45, 2.75) is 13.0 Å². The highest BCUT2D eigenvalue weighted by atomic mass is 16.7. The predicted molar refractivity (Wildman–Crippen MR) is 93.5 cm³/mol. The van der Waals surface area contributed by atoms with E-state index in [-0.39, 0.29) is 18.8 Å². The Labute approximate surface area is 150 Å². The van der Waals surface area contributed by atoms with E-state index < -0.39 is 0 Å². The zero-order chi connectivity index (χ0) is 18.1. The molecule has 26 heavy (non-hydrogen) atoms. The van der Waals surface area contributed by atoms with Gasteiger partial charge in [-0.25, -0.2) is 4.79 Å². The molecule has 0 saturated carbocycles. The summed E-state index contributed by atoms with van der Waals surface area (Å²) in [7, 11) is 1.37. The minimum atomic E-state index is -0.342. The van der Waals surface area contributed by atoms with Gasteiger partial charge in [-0.05, 0) is 47.9 Å². The van der Waals surface area contributed by atoms with E-state index in [1.54, 1.807) is 23.1 Å². The van der Waals surface area contributed by atoms with Crippen molar-refractivity contribution in [2.75, 3.05) is 25.8 Å². The molecule has 0 aromatic heterocycles. The van der Waals surface area contributed by atoms with Gasteiger partial charge in [0.15, 0.2) is 11.5 Å². The summed E-state index contributed by atoms with van der Waals surface area (Å²) in [6.45, 7) is 1.26. The third-order valence-corrected chi connectivity index (χ3v) is 4.54. The first-order valence-electron chi connectivity index (χ1n) is 8.30. The molecule has 0 unspecified atom stereocenters. The highest BCUT2D eigenvalue weighted by Gasteiger charge is 2.22. The van der Waals surface area contributed by atoms with E-state index in [1.807, 2.05) is 18.2 Å². The van der Waals surface area contributed by atoms with Gasteiger partial charge in [0.1, 0.15) is 0 Å². The molecule has 134 valence electrons. The number of fused-ring (bicyclic) bond motifs is 2. The second kappa shape index (κ2) is 6.59. The molecule has 4 rings (SSSR count). The Kier molecular flexibility index (Phi) is 4.12. The van der Waals surface area contributed by atoms with E-state index in [2.05, 4.69) is 5.32 Å². The van der Waals surface area contributed by atoms with Crippen molar-refractivity contribution >= 4 is 17.7 Å². The maximum atomic E-state index is 12.5. The van der Waals surface area contributed by atoms with Gasteiger partial charge in [0, 0.05) is 24.3 Å². The highest BCUT2D eigenvalue weighted by Crippen LogP contribution is 2.32. The van der Waals surface area contributed by atoms with Crippen LogP contribution in [-0.2, 0) is 17.7 Å². The van der Waals surface area contributed by atoms with Crippen LogP contribution in [0.25, 0.3) is 0 Å². The number of hydrogen-bond acceptors (Lipinski definition) is 5. The van der Waals surface area contributed by atoms with Crippen molar-refractivity contribution in [3.8, 4) is 11.5 Å². The molecule has 2 aromatic carbocycles. The van der Waals surface area contributed by atoms with E-state index >= 15 is 0 Å². The van der Waals surface area contributed by atoms with Crippen LogP contribution in [0.4, 0.5) is 10.5 Å². The third kappa shape index (κ3) is 3.03. The van der Waals surface area contributed by atoms with Crippen LogP contribution in [0.3, 0.4) is 0 Å². The topological polar surface area (TPSA) is 77.1 Å². The summed E-state index contributed by atoms with van der Waals surface area (Å²) in [5.74, 6) is 0.971. The van der Waals surface area contributed by atoms with Gasteiger partial charge < -0.3 is 24.4 Å². The monoisotopic (exact) mass is 354 g/mol. The summed E-state index contributed by atoms with van der Waals surface area (Å²) in [6.07, 6.45) is 0.423. The molecular weight excluding hydrogens is 336 g/mol. The van der Waals surface area contributed by atoms with Gasteiger partial charge in [-0.1, -0.05) is 6.07 Å². The molecule has 7 nitrogen and oxygen atoms in total. The molecule has 0 aliphatic carbocycles. The molecule has 2 aromatic rings. The van der Waals surface area contributed by atoms with Crippen LogP contribution in [0, 0.1) is 0 Å². The van der Waals surface area contributed by atoms with E-state index in [0.717, 1.165) is 12.0 Å². The van der Waals surface area contributed by atoms with E-state index in [9.17, 15) is 9.59 Å². The molecule has 0 atom stereocenters. The maximum absolute atomic E-state index is 12.5. The van der Waals surface area contributed by atoms with Gasteiger partial charge in [-0.2, -0.15) is 0 Å². The Morgan fingerprint density at radius 2 is 1.92 bits per heavy atom. The molecular formula is C19H18N2O5. The zero-order valence-corrected chi connectivity index (χ0v) is 14.3. The Balaban J connectivity index is 1.50. The van der Waals surface area contributed by atoms with Gasteiger partial charge in [0.05, 0.1) is 7.11 Å². The fourth-order valence-electron chi connectivity index (χ4n) is 3.16. The second-order valence-corrected chi connectivity index (χ2v) is 6.15. The molecule has 2 aliphatic heterocycles. The van der Waals surface area contributed by atoms with Gasteiger partial charge in [-0.15, -0.1) is 0 Å². The number of anilines is 1. The average molecular weight is 354 g/mol. The summed E-state index contributed by atoms with van der Waals surface area (Å²) < 4.78 is 15.4. The smallest absolute Gasteiger partial charge is 0.409 e. The molecule has 0 radical (unpaired) electrons. The molecule has 2 heterocycles. The van der Waals surface area contributed by atoms with Crippen LogP contribution in [0.15, 0.2) is 36.4 Å². The summed E-state index contributed by atoms with van der Waals surface area (Å²) in [6, 6.07) is 10.8. The SMILES string of the molecule is COC(=O)N1CCc2ccc(NC(=O)c3ccc4c(c3)OCO4)cc2C1. The molecule has 7 heteroatoms. The summed E-state index contributed by atoms with van der Waals surface area (Å²) in [4.78, 5) is 25.9.